The molecule has 0 atom stereocenters. The lowest BCUT2D eigenvalue weighted by atomic mass is 10.1. The number of hydrogen-bond donors (Lipinski definition) is 1. The zero-order chi connectivity index (χ0) is 21.2. The topological polar surface area (TPSA) is 83.1 Å². The molecule has 2 aromatic rings. The van der Waals surface area contributed by atoms with E-state index in [1.54, 1.807) is 30.3 Å². The van der Waals surface area contributed by atoms with Crippen LogP contribution in [0.3, 0.4) is 0 Å². The first kappa shape index (κ1) is 22.1. The molecule has 2 aromatic carbocycles. The van der Waals surface area contributed by atoms with Crippen LogP contribution in [-0.4, -0.2) is 39.8 Å². The van der Waals surface area contributed by atoms with E-state index < -0.39 is 11.9 Å². The van der Waals surface area contributed by atoms with Gasteiger partial charge in [-0.3, -0.25) is 4.79 Å². The smallest absolute Gasteiger partial charge is 0.331 e. The molecule has 0 heterocycles. The maximum atomic E-state index is 11.9. The van der Waals surface area contributed by atoms with Crippen molar-refractivity contribution >= 4 is 29.6 Å². The van der Waals surface area contributed by atoms with Gasteiger partial charge >= 0.3 is 5.97 Å². The lowest BCUT2D eigenvalue weighted by Crippen LogP contribution is -2.28. The summed E-state index contributed by atoms with van der Waals surface area (Å²) in [5, 5.41) is 3.24. The Morgan fingerprint density at radius 2 is 1.72 bits per heavy atom. The van der Waals surface area contributed by atoms with Gasteiger partial charge in [-0.1, -0.05) is 23.7 Å². The van der Waals surface area contributed by atoms with Gasteiger partial charge in [-0.2, -0.15) is 0 Å². The monoisotopic (exact) mass is 419 g/mol. The first-order valence-corrected chi connectivity index (χ1v) is 9.00. The van der Waals surface area contributed by atoms with E-state index in [0.29, 0.717) is 27.8 Å². The summed E-state index contributed by atoms with van der Waals surface area (Å²) in [6, 6.07) is 10.5. The Balaban J connectivity index is 1.88. The first-order chi connectivity index (χ1) is 14.0. The third-order valence-corrected chi connectivity index (χ3v) is 4.06. The Hall–Kier alpha value is -3.19. The highest BCUT2D eigenvalue weighted by Crippen LogP contribution is 2.38. The highest BCUT2D eigenvalue weighted by atomic mass is 35.5. The van der Waals surface area contributed by atoms with E-state index in [1.807, 2.05) is 6.07 Å². The van der Waals surface area contributed by atoms with Crippen LogP contribution in [-0.2, 0) is 20.9 Å². The standard InChI is InChI=1S/C21H22ClNO6/c1-26-17-10-14(11-18(27-2)21(17)28-3)7-8-20(25)29-13-19(24)23-12-15-5-4-6-16(22)9-15/h4-11H,12-13H2,1-3H3,(H,23,24)/b8-7+. The number of esters is 1. The number of ether oxygens (including phenoxy) is 4. The molecule has 0 saturated heterocycles. The summed E-state index contributed by atoms with van der Waals surface area (Å²) in [6.45, 7) is -0.1000. The lowest BCUT2D eigenvalue weighted by molar-refractivity contribution is -0.143. The van der Waals surface area contributed by atoms with Crippen molar-refractivity contribution in [2.45, 2.75) is 6.54 Å². The van der Waals surface area contributed by atoms with Gasteiger partial charge in [0.15, 0.2) is 18.1 Å². The third kappa shape index (κ3) is 6.73. The SMILES string of the molecule is COc1cc(/C=C/C(=O)OCC(=O)NCc2cccc(Cl)c2)cc(OC)c1OC. The molecule has 0 spiro atoms. The van der Waals surface area contributed by atoms with Gasteiger partial charge in [0.05, 0.1) is 21.3 Å². The van der Waals surface area contributed by atoms with Crippen molar-refractivity contribution in [1.82, 2.24) is 5.32 Å². The van der Waals surface area contributed by atoms with Gasteiger partial charge in [-0.15, -0.1) is 0 Å². The quantitative estimate of drug-likeness (QED) is 0.496. The van der Waals surface area contributed by atoms with Crippen molar-refractivity contribution in [3.63, 3.8) is 0 Å². The molecular formula is C21H22ClNO6. The van der Waals surface area contributed by atoms with Gasteiger partial charge in [0.2, 0.25) is 5.75 Å². The van der Waals surface area contributed by atoms with Crippen LogP contribution in [0.25, 0.3) is 6.08 Å². The molecule has 1 N–H and O–H groups in total. The summed E-state index contributed by atoms with van der Waals surface area (Å²) in [5.41, 5.74) is 1.49. The summed E-state index contributed by atoms with van der Waals surface area (Å²) < 4.78 is 20.7. The third-order valence-electron chi connectivity index (χ3n) is 3.82. The average molecular weight is 420 g/mol. The van der Waals surface area contributed by atoms with Gasteiger partial charge in [-0.25, -0.2) is 4.79 Å². The van der Waals surface area contributed by atoms with Crippen LogP contribution in [0, 0.1) is 0 Å². The summed E-state index contributed by atoms with van der Waals surface area (Å²) in [4.78, 5) is 23.7. The van der Waals surface area contributed by atoms with Gasteiger partial charge in [-0.05, 0) is 41.5 Å². The highest BCUT2D eigenvalue weighted by Gasteiger charge is 2.12. The van der Waals surface area contributed by atoms with Crippen LogP contribution in [0.2, 0.25) is 5.02 Å². The molecule has 0 aromatic heterocycles. The molecule has 7 nitrogen and oxygen atoms in total. The zero-order valence-electron chi connectivity index (χ0n) is 16.4. The van der Waals surface area contributed by atoms with E-state index in [0.717, 1.165) is 5.56 Å². The van der Waals surface area contributed by atoms with Crippen molar-refractivity contribution in [2.75, 3.05) is 27.9 Å². The summed E-state index contributed by atoms with van der Waals surface area (Å²) in [5.74, 6) is 0.294. The van der Waals surface area contributed by atoms with Gasteiger partial charge in [0.1, 0.15) is 0 Å². The number of rotatable bonds is 9. The number of carbonyl (C=O) groups is 2. The Kier molecular flexibility index (Phi) is 8.36. The molecule has 2 rings (SSSR count). The molecule has 0 radical (unpaired) electrons. The van der Waals surface area contributed by atoms with Crippen molar-refractivity contribution < 1.29 is 28.5 Å². The number of hydrogen-bond acceptors (Lipinski definition) is 6. The Bertz CT molecular complexity index is 871. The Morgan fingerprint density at radius 1 is 1.03 bits per heavy atom. The molecular weight excluding hydrogens is 398 g/mol. The molecule has 154 valence electrons. The van der Waals surface area contributed by atoms with E-state index in [2.05, 4.69) is 5.32 Å². The summed E-state index contributed by atoms with van der Waals surface area (Å²) in [6.07, 6.45) is 2.74. The average Bonchev–Trinajstić information content (AvgIpc) is 2.73. The second kappa shape index (κ2) is 11.0. The summed E-state index contributed by atoms with van der Waals surface area (Å²) in [7, 11) is 4.51. The number of carbonyl (C=O) groups excluding carboxylic acids is 2. The van der Waals surface area contributed by atoms with Crippen LogP contribution in [0.4, 0.5) is 0 Å². The molecule has 0 aliphatic rings. The minimum Gasteiger partial charge on any atom is -0.493 e. The fourth-order valence-corrected chi connectivity index (χ4v) is 2.66. The predicted octanol–water partition coefficient (Wildman–Crippen LogP) is 3.24. The van der Waals surface area contributed by atoms with Gasteiger partial charge < -0.3 is 24.3 Å². The van der Waals surface area contributed by atoms with E-state index in [4.69, 9.17) is 30.5 Å². The van der Waals surface area contributed by atoms with Crippen LogP contribution in [0.15, 0.2) is 42.5 Å². The summed E-state index contributed by atoms with van der Waals surface area (Å²) >= 11 is 5.89. The van der Waals surface area contributed by atoms with Crippen molar-refractivity contribution in [1.29, 1.82) is 0 Å². The maximum absolute atomic E-state index is 11.9. The number of benzene rings is 2. The Morgan fingerprint density at radius 3 is 2.31 bits per heavy atom. The second-order valence-corrected chi connectivity index (χ2v) is 6.24. The molecule has 0 unspecified atom stereocenters. The fourth-order valence-electron chi connectivity index (χ4n) is 2.45. The molecule has 29 heavy (non-hydrogen) atoms. The highest BCUT2D eigenvalue weighted by molar-refractivity contribution is 6.30. The maximum Gasteiger partial charge on any atom is 0.331 e. The molecule has 0 saturated carbocycles. The molecule has 0 bridgehead atoms. The van der Waals surface area contributed by atoms with E-state index in [-0.39, 0.29) is 13.2 Å². The molecule has 1 amide bonds. The fraction of sp³-hybridized carbons (Fsp3) is 0.238. The first-order valence-electron chi connectivity index (χ1n) is 8.62. The van der Waals surface area contributed by atoms with Crippen LogP contribution in [0.5, 0.6) is 17.2 Å². The molecule has 0 fully saturated rings. The van der Waals surface area contributed by atoms with Crippen molar-refractivity contribution in [3.05, 3.63) is 58.6 Å². The van der Waals surface area contributed by atoms with Crippen molar-refractivity contribution in [2.24, 2.45) is 0 Å². The number of amides is 1. The minimum absolute atomic E-state index is 0.290. The van der Waals surface area contributed by atoms with Crippen molar-refractivity contribution in [3.8, 4) is 17.2 Å². The zero-order valence-corrected chi connectivity index (χ0v) is 17.1. The van der Waals surface area contributed by atoms with Gasteiger partial charge in [0.25, 0.3) is 5.91 Å². The second-order valence-electron chi connectivity index (χ2n) is 5.81. The van der Waals surface area contributed by atoms with Crippen LogP contribution in [0.1, 0.15) is 11.1 Å². The molecule has 0 aliphatic heterocycles. The number of methoxy groups -OCH3 is 3. The molecule has 0 aliphatic carbocycles. The minimum atomic E-state index is -0.656. The van der Waals surface area contributed by atoms with Crippen LogP contribution >= 0.6 is 11.6 Å². The van der Waals surface area contributed by atoms with E-state index >= 15 is 0 Å². The normalized spacial score (nSPS) is 10.5. The van der Waals surface area contributed by atoms with E-state index in [1.165, 1.54) is 33.5 Å². The number of nitrogens with one attached hydrogen (secondary N) is 1. The number of halogens is 1. The Labute approximate surface area is 174 Å². The van der Waals surface area contributed by atoms with Crippen LogP contribution < -0.4 is 19.5 Å². The lowest BCUT2D eigenvalue weighted by Gasteiger charge is -2.12. The van der Waals surface area contributed by atoms with Gasteiger partial charge in [0, 0.05) is 17.6 Å². The largest absolute Gasteiger partial charge is 0.493 e. The van der Waals surface area contributed by atoms with E-state index in [9.17, 15) is 9.59 Å². The molecule has 8 heteroatoms. The predicted molar refractivity (Wildman–Crippen MR) is 109 cm³/mol.